The second kappa shape index (κ2) is 7.77. The lowest BCUT2D eigenvalue weighted by Gasteiger charge is -2.12. The van der Waals surface area contributed by atoms with E-state index in [1.165, 1.54) is 0 Å². The fourth-order valence-electron chi connectivity index (χ4n) is 2.52. The Labute approximate surface area is 144 Å². The zero-order chi connectivity index (χ0) is 17.7. The number of rotatable bonds is 5. The topological polar surface area (TPSA) is 48.8 Å². The minimum atomic E-state index is 0.900. The van der Waals surface area contributed by atoms with Crippen LogP contribution in [-0.4, -0.2) is 25.5 Å². The molecule has 4 heteroatoms. The van der Waals surface area contributed by atoms with Crippen LogP contribution in [0.4, 0.5) is 22.7 Å². The van der Waals surface area contributed by atoms with Gasteiger partial charge in [0.05, 0.1) is 22.7 Å². The smallest absolute Gasteiger partial charge is 0.0891 e. The Morgan fingerprint density at radius 2 is 1.21 bits per heavy atom. The predicted molar refractivity (Wildman–Crippen MR) is 108 cm³/mol. The van der Waals surface area contributed by atoms with E-state index in [0.29, 0.717) is 0 Å². The molecule has 0 aliphatic heterocycles. The van der Waals surface area contributed by atoms with Gasteiger partial charge in [0, 0.05) is 25.5 Å². The molecule has 2 aromatic rings. The van der Waals surface area contributed by atoms with Gasteiger partial charge in [0.25, 0.3) is 0 Å². The first kappa shape index (κ1) is 17.7. The Hall–Kier alpha value is -2.62. The SMILES string of the molecule is CNc1ccc(-c2ccc(N=C(C)C)c(N=C(C)C)c2)cc1NC. The van der Waals surface area contributed by atoms with Gasteiger partial charge in [0.2, 0.25) is 0 Å². The molecule has 0 bridgehead atoms. The van der Waals surface area contributed by atoms with E-state index in [2.05, 4.69) is 51.0 Å². The fraction of sp³-hybridized carbons (Fsp3) is 0.300. The average molecular weight is 322 g/mol. The van der Waals surface area contributed by atoms with Gasteiger partial charge >= 0.3 is 0 Å². The summed E-state index contributed by atoms with van der Waals surface area (Å²) in [6.07, 6.45) is 0. The van der Waals surface area contributed by atoms with Crippen LogP contribution in [0.3, 0.4) is 0 Å². The first-order valence-electron chi connectivity index (χ1n) is 8.12. The predicted octanol–water partition coefficient (Wildman–Crippen LogP) is 5.66. The molecule has 2 aromatic carbocycles. The summed E-state index contributed by atoms with van der Waals surface area (Å²) in [5, 5.41) is 6.42. The zero-order valence-corrected chi connectivity index (χ0v) is 15.4. The second-order valence-electron chi connectivity index (χ2n) is 6.08. The van der Waals surface area contributed by atoms with Gasteiger partial charge in [0.1, 0.15) is 0 Å². The Morgan fingerprint density at radius 1 is 0.667 bits per heavy atom. The van der Waals surface area contributed by atoms with Gasteiger partial charge in [-0.1, -0.05) is 12.1 Å². The minimum Gasteiger partial charge on any atom is -0.386 e. The van der Waals surface area contributed by atoms with E-state index in [4.69, 9.17) is 0 Å². The molecule has 0 heterocycles. The quantitative estimate of drug-likeness (QED) is 0.698. The highest BCUT2D eigenvalue weighted by atomic mass is 14.9. The molecule has 0 radical (unpaired) electrons. The molecular formula is C20H26N4. The molecule has 126 valence electrons. The van der Waals surface area contributed by atoms with Crippen molar-refractivity contribution in [1.29, 1.82) is 0 Å². The number of hydrogen-bond donors (Lipinski definition) is 2. The van der Waals surface area contributed by atoms with Crippen molar-refractivity contribution in [2.45, 2.75) is 27.7 Å². The monoisotopic (exact) mass is 322 g/mol. The van der Waals surface area contributed by atoms with Crippen molar-refractivity contribution in [2.75, 3.05) is 24.7 Å². The lowest BCUT2D eigenvalue weighted by molar-refractivity contribution is 1.40. The summed E-state index contributed by atoms with van der Waals surface area (Å²) < 4.78 is 0. The molecule has 0 spiro atoms. The van der Waals surface area contributed by atoms with Crippen LogP contribution in [0.1, 0.15) is 27.7 Å². The maximum Gasteiger partial charge on any atom is 0.0891 e. The second-order valence-corrected chi connectivity index (χ2v) is 6.08. The van der Waals surface area contributed by atoms with Crippen molar-refractivity contribution in [1.82, 2.24) is 0 Å². The lowest BCUT2D eigenvalue weighted by atomic mass is 10.0. The Balaban J connectivity index is 2.56. The van der Waals surface area contributed by atoms with E-state index >= 15 is 0 Å². The summed E-state index contributed by atoms with van der Waals surface area (Å²) in [5.74, 6) is 0. The number of nitrogens with zero attached hydrogens (tertiary/aromatic N) is 2. The third-order valence-corrected chi connectivity index (χ3v) is 3.56. The molecule has 2 rings (SSSR count). The molecule has 0 saturated carbocycles. The van der Waals surface area contributed by atoms with Crippen LogP contribution in [-0.2, 0) is 0 Å². The summed E-state index contributed by atoms with van der Waals surface area (Å²) in [5.41, 5.74) is 8.25. The van der Waals surface area contributed by atoms with Crippen molar-refractivity contribution >= 4 is 34.2 Å². The number of aliphatic imine (C=N–C) groups is 2. The summed E-state index contributed by atoms with van der Waals surface area (Å²) >= 11 is 0. The van der Waals surface area contributed by atoms with Gasteiger partial charge in [-0.3, -0.25) is 9.98 Å². The van der Waals surface area contributed by atoms with Crippen molar-refractivity contribution in [2.24, 2.45) is 9.98 Å². The maximum absolute atomic E-state index is 4.66. The Kier molecular flexibility index (Phi) is 5.74. The molecule has 0 saturated heterocycles. The maximum atomic E-state index is 4.66. The third-order valence-electron chi connectivity index (χ3n) is 3.56. The molecule has 24 heavy (non-hydrogen) atoms. The summed E-state index contributed by atoms with van der Waals surface area (Å²) in [6.45, 7) is 7.99. The highest BCUT2D eigenvalue weighted by Crippen LogP contribution is 2.35. The van der Waals surface area contributed by atoms with Crippen LogP contribution >= 0.6 is 0 Å². The van der Waals surface area contributed by atoms with Crippen molar-refractivity contribution in [3.05, 3.63) is 36.4 Å². The van der Waals surface area contributed by atoms with E-state index in [1.807, 2.05) is 47.9 Å². The molecule has 4 nitrogen and oxygen atoms in total. The van der Waals surface area contributed by atoms with Crippen LogP contribution in [0.2, 0.25) is 0 Å². The normalized spacial score (nSPS) is 10.1. The van der Waals surface area contributed by atoms with Crippen molar-refractivity contribution in [3.8, 4) is 11.1 Å². The van der Waals surface area contributed by atoms with E-state index in [-0.39, 0.29) is 0 Å². The summed E-state index contributed by atoms with van der Waals surface area (Å²) in [6, 6.07) is 12.6. The van der Waals surface area contributed by atoms with E-state index in [9.17, 15) is 0 Å². The van der Waals surface area contributed by atoms with Gasteiger partial charge in [-0.2, -0.15) is 0 Å². The minimum absolute atomic E-state index is 0.900. The van der Waals surface area contributed by atoms with Crippen molar-refractivity contribution < 1.29 is 0 Å². The number of anilines is 2. The highest BCUT2D eigenvalue weighted by molar-refractivity contribution is 5.89. The van der Waals surface area contributed by atoms with E-state index in [0.717, 1.165) is 45.3 Å². The van der Waals surface area contributed by atoms with Crippen LogP contribution in [0.5, 0.6) is 0 Å². The third kappa shape index (κ3) is 4.22. The van der Waals surface area contributed by atoms with Crippen LogP contribution in [0, 0.1) is 0 Å². The number of benzene rings is 2. The van der Waals surface area contributed by atoms with Gasteiger partial charge in [-0.05, 0) is 63.1 Å². The van der Waals surface area contributed by atoms with Gasteiger partial charge in [-0.25, -0.2) is 0 Å². The highest BCUT2D eigenvalue weighted by Gasteiger charge is 2.07. The van der Waals surface area contributed by atoms with E-state index < -0.39 is 0 Å². The molecule has 0 aliphatic carbocycles. The van der Waals surface area contributed by atoms with Gasteiger partial charge < -0.3 is 10.6 Å². The molecule has 0 fully saturated rings. The fourth-order valence-corrected chi connectivity index (χ4v) is 2.52. The molecule has 2 N–H and O–H groups in total. The first-order valence-corrected chi connectivity index (χ1v) is 8.12. The molecule has 0 unspecified atom stereocenters. The zero-order valence-electron chi connectivity index (χ0n) is 15.4. The summed E-state index contributed by atoms with van der Waals surface area (Å²) in [4.78, 5) is 9.25. The van der Waals surface area contributed by atoms with Gasteiger partial charge in [0.15, 0.2) is 0 Å². The van der Waals surface area contributed by atoms with E-state index in [1.54, 1.807) is 0 Å². The average Bonchev–Trinajstić information content (AvgIpc) is 2.54. The molecule has 0 aromatic heterocycles. The Bertz CT molecular complexity index is 780. The largest absolute Gasteiger partial charge is 0.386 e. The summed E-state index contributed by atoms with van der Waals surface area (Å²) in [7, 11) is 3.85. The number of hydrogen-bond acceptors (Lipinski definition) is 4. The first-order chi connectivity index (χ1) is 11.4. The Morgan fingerprint density at radius 3 is 1.79 bits per heavy atom. The van der Waals surface area contributed by atoms with Crippen molar-refractivity contribution in [3.63, 3.8) is 0 Å². The molecule has 0 amide bonds. The van der Waals surface area contributed by atoms with Crippen LogP contribution in [0.15, 0.2) is 46.4 Å². The standard InChI is InChI=1S/C20H26N4/c1-13(2)23-18-10-8-16(12-20(18)24-14(3)4)15-7-9-17(21-5)19(11-15)22-6/h7-12,21-22H,1-6H3. The van der Waals surface area contributed by atoms with Gasteiger partial charge in [-0.15, -0.1) is 0 Å². The lowest BCUT2D eigenvalue weighted by Crippen LogP contribution is -1.96. The molecular weight excluding hydrogens is 296 g/mol. The van der Waals surface area contributed by atoms with Crippen LogP contribution < -0.4 is 10.6 Å². The van der Waals surface area contributed by atoms with Crippen LogP contribution in [0.25, 0.3) is 11.1 Å². The molecule has 0 aliphatic rings. The molecule has 0 atom stereocenters. The number of nitrogens with one attached hydrogen (secondary N) is 2.